The van der Waals surface area contributed by atoms with Crippen molar-refractivity contribution in [2.24, 2.45) is 5.92 Å². The molecule has 0 aliphatic carbocycles. The average Bonchev–Trinajstić information content (AvgIpc) is 3.14. The molecule has 0 aliphatic rings. The maximum atomic E-state index is 12.3. The number of rotatable bonds is 9. The van der Waals surface area contributed by atoms with Gasteiger partial charge in [0.2, 0.25) is 0 Å². The van der Waals surface area contributed by atoms with Crippen LogP contribution in [0, 0.1) is 12.8 Å². The van der Waals surface area contributed by atoms with Gasteiger partial charge in [0.05, 0.1) is 5.69 Å². The molecule has 8 heteroatoms. The van der Waals surface area contributed by atoms with Crippen LogP contribution in [0.25, 0.3) is 0 Å². The van der Waals surface area contributed by atoms with Gasteiger partial charge < -0.3 is 14.4 Å². The molecule has 2 rings (SSSR count). The van der Waals surface area contributed by atoms with E-state index in [9.17, 15) is 4.79 Å². The Bertz CT molecular complexity index is 708. The van der Waals surface area contributed by atoms with E-state index in [2.05, 4.69) is 39.1 Å². The Morgan fingerprint density at radius 2 is 2.12 bits per heavy atom. The highest BCUT2D eigenvalue weighted by molar-refractivity contribution is 7.98. The first-order chi connectivity index (χ1) is 12.0. The zero-order chi connectivity index (χ0) is 18.4. The molecule has 1 N–H and O–H groups in total. The highest BCUT2D eigenvalue weighted by atomic mass is 32.2. The summed E-state index contributed by atoms with van der Waals surface area (Å²) in [7, 11) is 0. The third-order valence-corrected chi connectivity index (χ3v) is 4.55. The third kappa shape index (κ3) is 4.84. The predicted octanol–water partition coefficient (Wildman–Crippen LogP) is 2.88. The Hall–Kier alpha value is -1.83. The molecule has 0 aliphatic heterocycles. The van der Waals surface area contributed by atoms with Crippen molar-refractivity contribution in [1.29, 1.82) is 0 Å². The number of aromatic nitrogens is 4. The summed E-state index contributed by atoms with van der Waals surface area (Å²) in [6.45, 7) is 9.57. The second-order valence-corrected chi connectivity index (χ2v) is 7.15. The summed E-state index contributed by atoms with van der Waals surface area (Å²) in [6.07, 6.45) is 4.28. The van der Waals surface area contributed by atoms with Crippen molar-refractivity contribution >= 4 is 17.7 Å². The lowest BCUT2D eigenvalue weighted by Crippen LogP contribution is -2.26. The number of nitrogens with one attached hydrogen (secondary N) is 1. The van der Waals surface area contributed by atoms with Gasteiger partial charge in [-0.05, 0) is 31.9 Å². The SMILES string of the molecule is CCc1noc(C)c1C(=O)NCCCc1nnc(SC)n1CC(C)C. The van der Waals surface area contributed by atoms with Crippen LogP contribution in [0.4, 0.5) is 0 Å². The van der Waals surface area contributed by atoms with E-state index < -0.39 is 0 Å². The molecule has 0 fully saturated rings. The molecule has 0 aromatic carbocycles. The molecule has 138 valence electrons. The number of carbonyl (C=O) groups excluding carboxylic acids is 1. The highest BCUT2D eigenvalue weighted by Gasteiger charge is 2.19. The molecular formula is C17H27N5O2S. The van der Waals surface area contributed by atoms with Crippen LogP contribution in [0.2, 0.25) is 0 Å². The van der Waals surface area contributed by atoms with Gasteiger partial charge >= 0.3 is 0 Å². The summed E-state index contributed by atoms with van der Waals surface area (Å²) in [4.78, 5) is 12.3. The zero-order valence-corrected chi connectivity index (χ0v) is 16.4. The number of carbonyl (C=O) groups is 1. The van der Waals surface area contributed by atoms with Crippen molar-refractivity contribution in [1.82, 2.24) is 25.2 Å². The van der Waals surface area contributed by atoms with Crippen LogP contribution in [0.3, 0.4) is 0 Å². The van der Waals surface area contributed by atoms with E-state index >= 15 is 0 Å². The van der Waals surface area contributed by atoms with E-state index in [0.717, 1.165) is 30.4 Å². The van der Waals surface area contributed by atoms with Gasteiger partial charge in [0, 0.05) is 19.5 Å². The third-order valence-electron chi connectivity index (χ3n) is 3.88. The molecule has 25 heavy (non-hydrogen) atoms. The number of thioether (sulfide) groups is 1. The number of aryl methyl sites for hydroxylation is 3. The van der Waals surface area contributed by atoms with Gasteiger partial charge in [-0.3, -0.25) is 4.79 Å². The second-order valence-electron chi connectivity index (χ2n) is 6.38. The van der Waals surface area contributed by atoms with E-state index in [1.807, 2.05) is 13.2 Å². The van der Waals surface area contributed by atoms with Crippen LogP contribution in [-0.4, -0.2) is 38.6 Å². The van der Waals surface area contributed by atoms with Gasteiger partial charge in [-0.2, -0.15) is 0 Å². The van der Waals surface area contributed by atoms with Crippen LogP contribution < -0.4 is 5.32 Å². The lowest BCUT2D eigenvalue weighted by atomic mass is 10.1. The highest BCUT2D eigenvalue weighted by Crippen LogP contribution is 2.17. The van der Waals surface area contributed by atoms with Crippen LogP contribution in [-0.2, 0) is 19.4 Å². The number of nitrogens with zero attached hydrogens (tertiary/aromatic N) is 4. The molecule has 0 radical (unpaired) electrons. The van der Waals surface area contributed by atoms with Crippen molar-refractivity contribution in [3.8, 4) is 0 Å². The Balaban J connectivity index is 1.90. The fraction of sp³-hybridized carbons (Fsp3) is 0.647. The Morgan fingerprint density at radius 3 is 2.76 bits per heavy atom. The maximum Gasteiger partial charge on any atom is 0.256 e. The summed E-state index contributed by atoms with van der Waals surface area (Å²) in [5.74, 6) is 1.95. The molecule has 0 atom stereocenters. The van der Waals surface area contributed by atoms with Crippen molar-refractivity contribution in [2.45, 2.75) is 58.7 Å². The monoisotopic (exact) mass is 365 g/mol. The lowest BCUT2D eigenvalue weighted by molar-refractivity contribution is 0.0951. The van der Waals surface area contributed by atoms with E-state index in [0.29, 0.717) is 35.9 Å². The first-order valence-electron chi connectivity index (χ1n) is 8.67. The van der Waals surface area contributed by atoms with Crippen LogP contribution in [0.15, 0.2) is 9.68 Å². The minimum Gasteiger partial charge on any atom is -0.361 e. The van der Waals surface area contributed by atoms with E-state index in [1.54, 1.807) is 18.7 Å². The zero-order valence-electron chi connectivity index (χ0n) is 15.6. The Morgan fingerprint density at radius 1 is 1.36 bits per heavy atom. The van der Waals surface area contributed by atoms with Gasteiger partial charge in [-0.25, -0.2) is 0 Å². The number of hydrogen-bond acceptors (Lipinski definition) is 6. The average molecular weight is 366 g/mol. The number of hydrogen-bond donors (Lipinski definition) is 1. The molecule has 2 heterocycles. The molecule has 0 spiro atoms. The maximum absolute atomic E-state index is 12.3. The van der Waals surface area contributed by atoms with Crippen LogP contribution in [0.5, 0.6) is 0 Å². The second kappa shape index (κ2) is 9.03. The van der Waals surface area contributed by atoms with Crippen molar-refractivity contribution in [3.05, 3.63) is 22.8 Å². The molecule has 2 aromatic heterocycles. The van der Waals surface area contributed by atoms with Crippen molar-refractivity contribution in [3.63, 3.8) is 0 Å². The molecular weight excluding hydrogens is 338 g/mol. The van der Waals surface area contributed by atoms with Gasteiger partial charge in [0.15, 0.2) is 5.16 Å². The normalized spacial score (nSPS) is 11.3. The van der Waals surface area contributed by atoms with E-state index in [4.69, 9.17) is 4.52 Å². The number of amides is 1. The smallest absolute Gasteiger partial charge is 0.256 e. The summed E-state index contributed by atoms with van der Waals surface area (Å²) in [6, 6.07) is 0. The minimum atomic E-state index is -0.121. The molecule has 0 unspecified atom stereocenters. The van der Waals surface area contributed by atoms with E-state index in [-0.39, 0.29) is 5.91 Å². The lowest BCUT2D eigenvalue weighted by Gasteiger charge is -2.11. The summed E-state index contributed by atoms with van der Waals surface area (Å²) < 4.78 is 7.29. The van der Waals surface area contributed by atoms with Crippen LogP contribution in [0.1, 0.15) is 54.8 Å². The summed E-state index contributed by atoms with van der Waals surface area (Å²) >= 11 is 1.61. The van der Waals surface area contributed by atoms with E-state index in [1.165, 1.54) is 0 Å². The van der Waals surface area contributed by atoms with Crippen molar-refractivity contribution in [2.75, 3.05) is 12.8 Å². The fourth-order valence-corrected chi connectivity index (χ4v) is 3.21. The Labute approximate surface area is 152 Å². The topological polar surface area (TPSA) is 85.8 Å². The summed E-state index contributed by atoms with van der Waals surface area (Å²) in [5, 5.41) is 16.4. The minimum absolute atomic E-state index is 0.121. The van der Waals surface area contributed by atoms with Gasteiger partial charge in [0.25, 0.3) is 5.91 Å². The Kier molecular flexibility index (Phi) is 7.04. The summed E-state index contributed by atoms with van der Waals surface area (Å²) in [5.41, 5.74) is 1.27. The molecule has 1 amide bonds. The fourth-order valence-electron chi connectivity index (χ4n) is 2.69. The first kappa shape index (κ1) is 19.5. The largest absolute Gasteiger partial charge is 0.361 e. The molecule has 7 nitrogen and oxygen atoms in total. The molecule has 0 saturated carbocycles. The van der Waals surface area contributed by atoms with Crippen LogP contribution >= 0.6 is 11.8 Å². The molecule has 0 bridgehead atoms. The van der Waals surface area contributed by atoms with Crippen molar-refractivity contribution < 1.29 is 9.32 Å². The molecule has 0 saturated heterocycles. The quantitative estimate of drug-likeness (QED) is 0.543. The van der Waals surface area contributed by atoms with Gasteiger partial charge in [0.1, 0.15) is 17.1 Å². The standard InChI is InChI=1S/C17H27N5O2S/c1-6-13-15(12(4)24-21-13)16(23)18-9-7-8-14-19-20-17(25-5)22(14)10-11(2)3/h11H,6-10H2,1-5H3,(H,18,23). The molecule has 2 aromatic rings. The van der Waals surface area contributed by atoms with Gasteiger partial charge in [-0.15, -0.1) is 10.2 Å². The first-order valence-corrected chi connectivity index (χ1v) is 9.89. The predicted molar refractivity (Wildman–Crippen MR) is 97.9 cm³/mol. The van der Waals surface area contributed by atoms with Gasteiger partial charge in [-0.1, -0.05) is 37.7 Å².